The first-order valence-electron chi connectivity index (χ1n) is 9.35. The van der Waals surface area contributed by atoms with Crippen molar-refractivity contribution >= 4 is 40.7 Å². The lowest BCUT2D eigenvalue weighted by Crippen LogP contribution is -2.51. The normalized spacial score (nSPS) is 14.5. The van der Waals surface area contributed by atoms with Crippen molar-refractivity contribution in [3.05, 3.63) is 58.1 Å². The topological polar surface area (TPSA) is 61.9 Å². The fraction of sp³-hybridized carbons (Fsp3) is 0.333. The second kappa shape index (κ2) is 9.96. The van der Waals surface area contributed by atoms with Gasteiger partial charge in [-0.15, -0.1) is 0 Å². The van der Waals surface area contributed by atoms with Crippen LogP contribution in [0.25, 0.3) is 0 Å². The van der Waals surface area contributed by atoms with Crippen molar-refractivity contribution in [3.63, 3.8) is 0 Å². The molecule has 2 aromatic rings. The van der Waals surface area contributed by atoms with E-state index in [1.165, 1.54) is 0 Å². The number of aryl methyl sites for hydroxylation is 1. The Kier molecular flexibility index (Phi) is 7.36. The van der Waals surface area contributed by atoms with Crippen LogP contribution < -0.4 is 10.1 Å². The molecule has 8 heteroatoms. The van der Waals surface area contributed by atoms with Gasteiger partial charge in [0.05, 0.1) is 11.6 Å². The van der Waals surface area contributed by atoms with Gasteiger partial charge >= 0.3 is 0 Å². The number of hydrogen-bond acceptors (Lipinski definition) is 4. The van der Waals surface area contributed by atoms with Gasteiger partial charge in [0, 0.05) is 43.0 Å². The molecule has 0 saturated carbocycles. The summed E-state index contributed by atoms with van der Waals surface area (Å²) in [5.41, 5.74) is 1.93. The lowest BCUT2D eigenvalue weighted by atomic mass is 10.2. The number of ether oxygens (including phenoxy) is 1. The maximum atomic E-state index is 12.4. The van der Waals surface area contributed by atoms with Gasteiger partial charge in [0.1, 0.15) is 5.75 Å². The third-order valence-electron chi connectivity index (χ3n) is 4.67. The monoisotopic (exact) mass is 435 g/mol. The van der Waals surface area contributed by atoms with Gasteiger partial charge in [-0.1, -0.05) is 40.9 Å². The molecule has 6 nitrogen and oxygen atoms in total. The van der Waals surface area contributed by atoms with E-state index in [4.69, 9.17) is 27.9 Å². The smallest absolute Gasteiger partial charge is 0.260 e. The van der Waals surface area contributed by atoms with Crippen LogP contribution in [0.2, 0.25) is 10.0 Å². The van der Waals surface area contributed by atoms with E-state index in [-0.39, 0.29) is 18.4 Å². The number of halogens is 2. The number of carbonyl (C=O) groups excluding carboxylic acids is 2. The second-order valence-corrected chi connectivity index (χ2v) is 7.78. The van der Waals surface area contributed by atoms with E-state index in [0.717, 1.165) is 11.3 Å². The summed E-state index contributed by atoms with van der Waals surface area (Å²) in [5, 5.41) is 3.80. The zero-order valence-corrected chi connectivity index (χ0v) is 17.7. The molecule has 0 unspecified atom stereocenters. The molecule has 29 heavy (non-hydrogen) atoms. The van der Waals surface area contributed by atoms with Crippen LogP contribution in [0.4, 0.5) is 5.69 Å². The number of nitrogens with one attached hydrogen (secondary N) is 1. The van der Waals surface area contributed by atoms with E-state index in [2.05, 4.69) is 5.32 Å². The zero-order valence-electron chi connectivity index (χ0n) is 16.2. The molecule has 2 aromatic carbocycles. The van der Waals surface area contributed by atoms with Crippen molar-refractivity contribution in [2.45, 2.75) is 6.92 Å². The van der Waals surface area contributed by atoms with Crippen molar-refractivity contribution in [2.75, 3.05) is 44.6 Å². The van der Waals surface area contributed by atoms with Crippen LogP contribution in [0.3, 0.4) is 0 Å². The highest BCUT2D eigenvalue weighted by Gasteiger charge is 2.23. The molecule has 0 aliphatic carbocycles. The van der Waals surface area contributed by atoms with Gasteiger partial charge in [0.2, 0.25) is 5.91 Å². The van der Waals surface area contributed by atoms with Gasteiger partial charge in [0.25, 0.3) is 5.91 Å². The first kappa shape index (κ1) is 21.4. The van der Waals surface area contributed by atoms with Crippen LogP contribution in [0, 0.1) is 6.92 Å². The number of hydrogen-bond donors (Lipinski definition) is 1. The highest BCUT2D eigenvalue weighted by Crippen LogP contribution is 2.27. The third-order valence-corrected chi connectivity index (χ3v) is 5.22. The Morgan fingerprint density at radius 3 is 2.41 bits per heavy atom. The summed E-state index contributed by atoms with van der Waals surface area (Å²) in [6.07, 6.45) is 0. The Labute approximate surface area is 180 Å². The standard InChI is InChI=1S/C21H23Cl2N3O3/c1-15-2-5-17(6-3-15)24-20(27)13-25-8-10-26(11-9-25)21(28)14-29-19-12-16(22)4-7-18(19)23/h2-7,12H,8-11,13-14H2,1H3,(H,24,27). The number of nitrogens with zero attached hydrogens (tertiary/aromatic N) is 2. The summed E-state index contributed by atoms with van der Waals surface area (Å²) in [7, 11) is 0. The van der Waals surface area contributed by atoms with Crippen LogP contribution in [0.1, 0.15) is 5.56 Å². The summed E-state index contributed by atoms with van der Waals surface area (Å²) in [6, 6.07) is 12.6. The molecule has 0 aromatic heterocycles. The van der Waals surface area contributed by atoms with Crippen molar-refractivity contribution < 1.29 is 14.3 Å². The molecule has 1 saturated heterocycles. The first-order valence-corrected chi connectivity index (χ1v) is 10.1. The molecule has 3 rings (SSSR count). The number of benzene rings is 2. The average molecular weight is 436 g/mol. The van der Waals surface area contributed by atoms with Crippen molar-refractivity contribution in [2.24, 2.45) is 0 Å². The Morgan fingerprint density at radius 1 is 1.03 bits per heavy atom. The number of anilines is 1. The van der Waals surface area contributed by atoms with Crippen LogP contribution >= 0.6 is 23.2 Å². The van der Waals surface area contributed by atoms with Gasteiger partial charge in [-0.3, -0.25) is 14.5 Å². The van der Waals surface area contributed by atoms with E-state index >= 15 is 0 Å². The van der Waals surface area contributed by atoms with Crippen molar-refractivity contribution in [3.8, 4) is 5.75 Å². The minimum absolute atomic E-state index is 0.0624. The van der Waals surface area contributed by atoms with Crippen LogP contribution in [-0.4, -0.2) is 60.9 Å². The highest BCUT2D eigenvalue weighted by molar-refractivity contribution is 6.34. The fourth-order valence-electron chi connectivity index (χ4n) is 3.01. The summed E-state index contributed by atoms with van der Waals surface area (Å²) in [4.78, 5) is 28.4. The number of amides is 2. The number of rotatable bonds is 6. The molecule has 1 fully saturated rings. The van der Waals surface area contributed by atoms with Gasteiger partial charge in [0.15, 0.2) is 6.61 Å². The molecule has 1 aliphatic heterocycles. The molecule has 0 bridgehead atoms. The van der Waals surface area contributed by atoms with E-state index < -0.39 is 0 Å². The van der Waals surface area contributed by atoms with Crippen LogP contribution in [-0.2, 0) is 9.59 Å². The fourth-order valence-corrected chi connectivity index (χ4v) is 3.35. The predicted molar refractivity (Wildman–Crippen MR) is 115 cm³/mol. The van der Waals surface area contributed by atoms with Crippen molar-refractivity contribution in [1.29, 1.82) is 0 Å². The number of carbonyl (C=O) groups is 2. The summed E-state index contributed by atoms with van der Waals surface area (Å²) in [5.74, 6) is 0.205. The zero-order chi connectivity index (χ0) is 20.8. The maximum absolute atomic E-state index is 12.4. The van der Waals surface area contributed by atoms with Crippen LogP contribution in [0.15, 0.2) is 42.5 Å². The SMILES string of the molecule is Cc1ccc(NC(=O)CN2CCN(C(=O)COc3cc(Cl)ccc3Cl)CC2)cc1. The van der Waals surface area contributed by atoms with Gasteiger partial charge < -0.3 is 15.0 Å². The molecule has 0 atom stereocenters. The quantitative estimate of drug-likeness (QED) is 0.754. The van der Waals surface area contributed by atoms with Gasteiger partial charge in [-0.2, -0.15) is 0 Å². The summed E-state index contributed by atoms with van der Waals surface area (Å²) < 4.78 is 5.51. The Morgan fingerprint density at radius 2 is 1.72 bits per heavy atom. The molecule has 1 heterocycles. The molecule has 0 spiro atoms. The average Bonchev–Trinajstić information content (AvgIpc) is 2.70. The molecular weight excluding hydrogens is 413 g/mol. The second-order valence-electron chi connectivity index (χ2n) is 6.93. The summed E-state index contributed by atoms with van der Waals surface area (Å²) in [6.45, 7) is 4.54. The Hall–Kier alpha value is -2.28. The van der Waals surface area contributed by atoms with Gasteiger partial charge in [-0.25, -0.2) is 0 Å². The lowest BCUT2D eigenvalue weighted by Gasteiger charge is -2.34. The molecule has 0 radical (unpaired) electrons. The first-order chi connectivity index (χ1) is 13.9. The van der Waals surface area contributed by atoms with E-state index in [0.29, 0.717) is 48.5 Å². The predicted octanol–water partition coefficient (Wildman–Crippen LogP) is 3.46. The molecule has 1 aliphatic rings. The third kappa shape index (κ3) is 6.35. The summed E-state index contributed by atoms with van der Waals surface area (Å²) >= 11 is 12.0. The molecule has 2 amide bonds. The molecule has 1 N–H and O–H groups in total. The van der Waals surface area contributed by atoms with E-state index in [1.54, 1.807) is 23.1 Å². The van der Waals surface area contributed by atoms with Gasteiger partial charge in [-0.05, 0) is 31.2 Å². The highest BCUT2D eigenvalue weighted by atomic mass is 35.5. The van der Waals surface area contributed by atoms with Crippen LogP contribution in [0.5, 0.6) is 5.75 Å². The Bertz CT molecular complexity index is 866. The minimum Gasteiger partial charge on any atom is -0.482 e. The lowest BCUT2D eigenvalue weighted by molar-refractivity contribution is -0.135. The van der Waals surface area contributed by atoms with E-state index in [9.17, 15) is 9.59 Å². The molecule has 154 valence electrons. The minimum atomic E-state index is -0.121. The molecular formula is C21H23Cl2N3O3. The van der Waals surface area contributed by atoms with E-state index in [1.807, 2.05) is 36.1 Å². The van der Waals surface area contributed by atoms with Crippen molar-refractivity contribution in [1.82, 2.24) is 9.80 Å². The Balaban J connectivity index is 1.41. The number of piperazine rings is 1. The maximum Gasteiger partial charge on any atom is 0.260 e. The largest absolute Gasteiger partial charge is 0.482 e.